The Morgan fingerprint density at radius 2 is 2.38 bits per heavy atom. The zero-order valence-electron chi connectivity index (χ0n) is 10.0. The van der Waals surface area contributed by atoms with E-state index < -0.39 is 0 Å². The Labute approximate surface area is 101 Å². The summed E-state index contributed by atoms with van der Waals surface area (Å²) in [6, 6.07) is 0.0236. The van der Waals surface area contributed by atoms with E-state index in [4.69, 9.17) is 4.74 Å². The lowest BCUT2D eigenvalue weighted by molar-refractivity contribution is -0.130. The van der Waals surface area contributed by atoms with E-state index in [0.717, 1.165) is 18.7 Å². The first kappa shape index (κ1) is 13.8. The van der Waals surface area contributed by atoms with E-state index in [0.29, 0.717) is 18.3 Å². The van der Waals surface area contributed by atoms with Crippen LogP contribution in [-0.2, 0) is 9.53 Å². The second-order valence-electron chi connectivity index (χ2n) is 4.15. The van der Waals surface area contributed by atoms with E-state index in [-0.39, 0.29) is 18.6 Å². The molecule has 1 saturated heterocycles. The van der Waals surface area contributed by atoms with Gasteiger partial charge in [0.25, 0.3) is 0 Å². The summed E-state index contributed by atoms with van der Waals surface area (Å²) in [5, 5.41) is 9.24. The molecule has 2 atom stereocenters. The number of ether oxygens (including phenoxy) is 1. The van der Waals surface area contributed by atoms with Gasteiger partial charge in [-0.15, -0.1) is 11.8 Å². The number of rotatable bonds is 6. The summed E-state index contributed by atoms with van der Waals surface area (Å²) in [7, 11) is 1.66. The highest BCUT2D eigenvalue weighted by Gasteiger charge is 2.33. The number of aliphatic hydroxyl groups is 1. The molecule has 1 heterocycles. The van der Waals surface area contributed by atoms with Crippen molar-refractivity contribution >= 4 is 17.7 Å². The molecule has 4 nitrogen and oxygen atoms in total. The summed E-state index contributed by atoms with van der Waals surface area (Å²) in [5.74, 6) is 1.89. The molecule has 0 aromatic carbocycles. The Balaban J connectivity index is 2.30. The van der Waals surface area contributed by atoms with Crippen LogP contribution in [0.3, 0.4) is 0 Å². The van der Waals surface area contributed by atoms with Gasteiger partial charge >= 0.3 is 0 Å². The van der Waals surface area contributed by atoms with Crippen molar-refractivity contribution in [3.8, 4) is 0 Å². The zero-order chi connectivity index (χ0) is 12.0. The maximum Gasteiger partial charge on any atom is 0.232 e. The Kier molecular flexibility index (Phi) is 6.16. The minimum absolute atomic E-state index is 0.0236. The molecule has 1 amide bonds. The van der Waals surface area contributed by atoms with E-state index in [2.05, 4.69) is 6.92 Å². The number of carbonyl (C=O) groups is 1. The van der Waals surface area contributed by atoms with Gasteiger partial charge in [-0.2, -0.15) is 0 Å². The van der Waals surface area contributed by atoms with Crippen LogP contribution >= 0.6 is 11.8 Å². The van der Waals surface area contributed by atoms with E-state index in [1.54, 1.807) is 18.9 Å². The molecule has 0 aromatic heterocycles. The van der Waals surface area contributed by atoms with Gasteiger partial charge in [-0.25, -0.2) is 0 Å². The van der Waals surface area contributed by atoms with Gasteiger partial charge in [-0.05, 0) is 12.3 Å². The Bertz CT molecular complexity index is 225. The molecule has 1 fully saturated rings. The van der Waals surface area contributed by atoms with E-state index >= 15 is 0 Å². The number of hydrogen-bond donors (Lipinski definition) is 1. The summed E-state index contributed by atoms with van der Waals surface area (Å²) in [5.41, 5.74) is 0. The molecule has 0 aromatic rings. The number of hydrogen-bond acceptors (Lipinski definition) is 4. The number of amides is 1. The van der Waals surface area contributed by atoms with E-state index in [1.807, 2.05) is 4.90 Å². The zero-order valence-corrected chi connectivity index (χ0v) is 10.8. The Morgan fingerprint density at radius 3 is 3.00 bits per heavy atom. The standard InChI is InChI=1S/C11H21NO3S/c1-9-3-4-12(10(9)7-13)11(14)8-16-6-5-15-2/h9-10,13H,3-8H2,1-2H3. The first-order valence-electron chi connectivity index (χ1n) is 5.67. The maximum atomic E-state index is 11.9. The number of likely N-dealkylation sites (tertiary alicyclic amines) is 1. The van der Waals surface area contributed by atoms with Crippen LogP contribution in [0.2, 0.25) is 0 Å². The Morgan fingerprint density at radius 1 is 1.62 bits per heavy atom. The first-order valence-corrected chi connectivity index (χ1v) is 6.83. The molecule has 94 valence electrons. The molecule has 5 heteroatoms. The monoisotopic (exact) mass is 247 g/mol. The number of thioether (sulfide) groups is 1. The van der Waals surface area contributed by atoms with Gasteiger partial charge in [0.2, 0.25) is 5.91 Å². The van der Waals surface area contributed by atoms with Crippen molar-refractivity contribution in [1.29, 1.82) is 0 Å². The summed E-state index contributed by atoms with van der Waals surface area (Å²) >= 11 is 1.59. The highest BCUT2D eigenvalue weighted by molar-refractivity contribution is 7.99. The summed E-state index contributed by atoms with van der Waals surface area (Å²) < 4.78 is 4.92. The van der Waals surface area contributed by atoms with Gasteiger partial charge < -0.3 is 14.7 Å². The third-order valence-corrected chi connectivity index (χ3v) is 3.95. The molecule has 0 bridgehead atoms. The number of carbonyl (C=O) groups excluding carboxylic acids is 1. The van der Waals surface area contributed by atoms with Crippen molar-refractivity contribution in [2.75, 3.05) is 38.4 Å². The second-order valence-corrected chi connectivity index (χ2v) is 5.25. The maximum absolute atomic E-state index is 11.9. The number of aliphatic hydroxyl groups excluding tert-OH is 1. The molecule has 1 N–H and O–H groups in total. The van der Waals surface area contributed by atoms with E-state index in [9.17, 15) is 9.90 Å². The lowest BCUT2D eigenvalue weighted by atomic mass is 10.0. The van der Waals surface area contributed by atoms with Crippen LogP contribution in [0.15, 0.2) is 0 Å². The molecule has 0 aliphatic carbocycles. The summed E-state index contributed by atoms with van der Waals surface area (Å²) in [6.07, 6.45) is 1.000. The Hall–Kier alpha value is -0.260. The van der Waals surface area contributed by atoms with Crippen molar-refractivity contribution in [3.05, 3.63) is 0 Å². The van der Waals surface area contributed by atoms with Crippen LogP contribution in [0.4, 0.5) is 0 Å². The number of methoxy groups -OCH3 is 1. The predicted molar refractivity (Wildman–Crippen MR) is 65.6 cm³/mol. The fraction of sp³-hybridized carbons (Fsp3) is 0.909. The van der Waals surface area contributed by atoms with Crippen molar-refractivity contribution < 1.29 is 14.6 Å². The van der Waals surface area contributed by atoms with Crippen LogP contribution in [0.5, 0.6) is 0 Å². The van der Waals surface area contributed by atoms with Gasteiger partial charge in [0, 0.05) is 19.4 Å². The molecule has 1 rings (SSSR count). The average Bonchev–Trinajstić information content (AvgIpc) is 2.65. The van der Waals surface area contributed by atoms with Crippen LogP contribution < -0.4 is 0 Å². The van der Waals surface area contributed by atoms with Crippen LogP contribution in [0, 0.1) is 5.92 Å². The fourth-order valence-electron chi connectivity index (χ4n) is 1.98. The normalized spacial score (nSPS) is 25.1. The molecular formula is C11H21NO3S. The van der Waals surface area contributed by atoms with Gasteiger partial charge in [-0.3, -0.25) is 4.79 Å². The van der Waals surface area contributed by atoms with Crippen LogP contribution in [0.25, 0.3) is 0 Å². The quantitative estimate of drug-likeness (QED) is 0.698. The molecule has 0 radical (unpaired) electrons. The highest BCUT2D eigenvalue weighted by Crippen LogP contribution is 2.24. The minimum atomic E-state index is 0.0236. The third kappa shape index (κ3) is 3.64. The first-order chi connectivity index (χ1) is 7.70. The summed E-state index contributed by atoms with van der Waals surface area (Å²) in [6.45, 7) is 3.63. The van der Waals surface area contributed by atoms with Gasteiger partial charge in [0.1, 0.15) is 0 Å². The summed E-state index contributed by atoms with van der Waals surface area (Å²) in [4.78, 5) is 13.7. The smallest absolute Gasteiger partial charge is 0.232 e. The van der Waals surface area contributed by atoms with Crippen molar-refractivity contribution in [2.24, 2.45) is 5.92 Å². The molecule has 1 aliphatic heterocycles. The molecule has 0 spiro atoms. The average molecular weight is 247 g/mol. The second kappa shape index (κ2) is 7.14. The third-order valence-electron chi connectivity index (χ3n) is 3.05. The lowest BCUT2D eigenvalue weighted by Gasteiger charge is -2.25. The van der Waals surface area contributed by atoms with Gasteiger partial charge in [-0.1, -0.05) is 6.92 Å². The minimum Gasteiger partial charge on any atom is -0.394 e. The van der Waals surface area contributed by atoms with Crippen molar-refractivity contribution in [2.45, 2.75) is 19.4 Å². The van der Waals surface area contributed by atoms with Crippen molar-refractivity contribution in [3.63, 3.8) is 0 Å². The van der Waals surface area contributed by atoms with Gasteiger partial charge in [0.15, 0.2) is 0 Å². The SMILES string of the molecule is COCCSCC(=O)N1CCC(C)C1CO. The lowest BCUT2D eigenvalue weighted by Crippen LogP contribution is -2.40. The van der Waals surface area contributed by atoms with Crippen LogP contribution in [0.1, 0.15) is 13.3 Å². The molecule has 2 unspecified atom stereocenters. The fourth-order valence-corrected chi connectivity index (χ4v) is 2.75. The molecular weight excluding hydrogens is 226 g/mol. The van der Waals surface area contributed by atoms with Gasteiger partial charge in [0.05, 0.1) is 25.0 Å². The largest absolute Gasteiger partial charge is 0.394 e. The molecule has 1 aliphatic rings. The van der Waals surface area contributed by atoms with E-state index in [1.165, 1.54) is 0 Å². The molecule has 16 heavy (non-hydrogen) atoms. The predicted octanol–water partition coefficient (Wildman–Crippen LogP) is 0.595. The topological polar surface area (TPSA) is 49.8 Å². The molecule has 0 saturated carbocycles. The van der Waals surface area contributed by atoms with Crippen molar-refractivity contribution in [1.82, 2.24) is 4.90 Å². The highest BCUT2D eigenvalue weighted by atomic mass is 32.2. The number of nitrogens with zero attached hydrogens (tertiary/aromatic N) is 1. The van der Waals surface area contributed by atoms with Crippen LogP contribution in [-0.4, -0.2) is 60.3 Å².